The van der Waals surface area contributed by atoms with E-state index >= 15 is 0 Å². The van der Waals surface area contributed by atoms with Gasteiger partial charge in [-0.2, -0.15) is 0 Å². The van der Waals surface area contributed by atoms with Crippen molar-refractivity contribution in [3.8, 4) is 5.75 Å². The highest BCUT2D eigenvalue weighted by Gasteiger charge is 2.09. The van der Waals surface area contributed by atoms with Crippen LogP contribution in [0.15, 0.2) is 12.1 Å². The molecule has 0 radical (unpaired) electrons. The molecule has 17 heavy (non-hydrogen) atoms. The van der Waals surface area contributed by atoms with Gasteiger partial charge in [0.15, 0.2) is 0 Å². The van der Waals surface area contributed by atoms with E-state index in [9.17, 15) is 0 Å². The second kappa shape index (κ2) is 6.65. The molecule has 0 aliphatic heterocycles. The van der Waals surface area contributed by atoms with Gasteiger partial charge >= 0.3 is 0 Å². The Bertz CT molecular complexity index is 356. The Balaban J connectivity index is 2.75. The van der Waals surface area contributed by atoms with Gasteiger partial charge in [-0.25, -0.2) is 0 Å². The normalized spacial score (nSPS) is 10.9. The summed E-state index contributed by atoms with van der Waals surface area (Å²) in [4.78, 5) is 0. The molecular weight excluding hydrogens is 210 g/mol. The topological polar surface area (TPSA) is 25.8 Å². The van der Waals surface area contributed by atoms with Gasteiger partial charge in [0.2, 0.25) is 0 Å². The van der Waals surface area contributed by atoms with Crippen molar-refractivity contribution in [3.63, 3.8) is 0 Å². The largest absolute Gasteiger partial charge is 0.496 e. The first-order valence-electron chi connectivity index (χ1n) is 6.59. The summed E-state index contributed by atoms with van der Waals surface area (Å²) in [5.74, 6) is 0.994. The van der Waals surface area contributed by atoms with Crippen LogP contribution >= 0.6 is 0 Å². The van der Waals surface area contributed by atoms with Crippen LogP contribution < -0.4 is 10.1 Å². The lowest BCUT2D eigenvalue weighted by atomic mass is 10.0. The summed E-state index contributed by atoms with van der Waals surface area (Å²) < 4.78 is 5.34. The summed E-state index contributed by atoms with van der Waals surface area (Å²) in [5, 5.41) is 2.45. The molecule has 0 spiro atoms. The van der Waals surface area contributed by atoms with Gasteiger partial charge in [-0.05, 0) is 49.9 Å². The van der Waals surface area contributed by atoms with Crippen LogP contribution in [0.25, 0.3) is 0 Å². The number of aryl methyl sites for hydroxylation is 2. The van der Waals surface area contributed by atoms with Crippen molar-refractivity contribution in [3.05, 3.63) is 28.8 Å². The lowest BCUT2D eigenvalue weighted by Gasteiger charge is -2.14. The molecule has 0 saturated heterocycles. The number of benzene rings is 1. The van der Waals surface area contributed by atoms with Crippen molar-refractivity contribution in [2.24, 2.45) is 0 Å². The van der Waals surface area contributed by atoms with Crippen molar-refractivity contribution in [2.45, 2.75) is 53.1 Å². The van der Waals surface area contributed by atoms with E-state index in [1.807, 2.05) is 0 Å². The maximum absolute atomic E-state index is 5.34. The van der Waals surface area contributed by atoms with Gasteiger partial charge in [-0.1, -0.05) is 13.8 Å². The van der Waals surface area contributed by atoms with E-state index in [-0.39, 0.29) is 0 Å². The molecule has 2 N–H and O–H groups in total. The number of hydrogen-bond acceptors (Lipinski definition) is 1. The third kappa shape index (κ3) is 3.74. The van der Waals surface area contributed by atoms with Crippen molar-refractivity contribution in [1.29, 1.82) is 0 Å². The smallest absolute Gasteiger partial charge is 0.122 e. The second-order valence-corrected chi connectivity index (χ2v) is 4.76. The molecule has 1 rings (SSSR count). The molecule has 0 saturated carbocycles. The minimum absolute atomic E-state index is 0.747. The molecule has 0 aliphatic carbocycles. The van der Waals surface area contributed by atoms with Gasteiger partial charge in [0.25, 0.3) is 0 Å². The van der Waals surface area contributed by atoms with Crippen molar-refractivity contribution in [1.82, 2.24) is 0 Å². The quantitative estimate of drug-likeness (QED) is 0.807. The van der Waals surface area contributed by atoms with E-state index in [2.05, 4.69) is 45.1 Å². The van der Waals surface area contributed by atoms with Gasteiger partial charge in [0.05, 0.1) is 13.2 Å². The fraction of sp³-hybridized carbons (Fsp3) is 0.600. The fourth-order valence-electron chi connectivity index (χ4n) is 2.20. The average molecular weight is 236 g/mol. The summed E-state index contributed by atoms with van der Waals surface area (Å²) in [7, 11) is 1.73. The first kappa shape index (κ1) is 14.0. The minimum Gasteiger partial charge on any atom is -0.496 e. The monoisotopic (exact) mass is 236 g/mol. The standard InChI is InChI=1S/C15H25NO/c1-6-14(7-2)16-10-13-8-12(4)15(17-5)9-11(13)3/h8-9,14,16H,6-7,10H2,1-5H3/p+1. The van der Waals surface area contributed by atoms with Crippen LogP contribution in [0, 0.1) is 13.8 Å². The van der Waals surface area contributed by atoms with Crippen LogP contribution in [0.2, 0.25) is 0 Å². The number of rotatable bonds is 6. The zero-order valence-electron chi connectivity index (χ0n) is 11.8. The third-order valence-electron chi connectivity index (χ3n) is 3.57. The summed E-state index contributed by atoms with van der Waals surface area (Å²) in [5.41, 5.74) is 3.98. The number of ether oxygens (including phenoxy) is 1. The highest BCUT2D eigenvalue weighted by molar-refractivity contribution is 5.41. The summed E-state index contributed by atoms with van der Waals surface area (Å²) in [6.07, 6.45) is 2.48. The maximum Gasteiger partial charge on any atom is 0.122 e. The maximum atomic E-state index is 5.34. The molecule has 0 amide bonds. The van der Waals surface area contributed by atoms with E-state index in [4.69, 9.17) is 4.74 Å². The van der Waals surface area contributed by atoms with Crippen LogP contribution in [-0.2, 0) is 6.54 Å². The number of nitrogens with two attached hydrogens (primary N) is 1. The first-order chi connectivity index (χ1) is 8.12. The predicted octanol–water partition coefficient (Wildman–Crippen LogP) is 2.56. The molecule has 0 aliphatic rings. The van der Waals surface area contributed by atoms with Gasteiger partial charge in [-0.15, -0.1) is 0 Å². The van der Waals surface area contributed by atoms with E-state index in [0.717, 1.165) is 18.3 Å². The lowest BCUT2D eigenvalue weighted by Crippen LogP contribution is -2.88. The molecule has 2 nitrogen and oxygen atoms in total. The van der Waals surface area contributed by atoms with Crippen molar-refractivity contribution >= 4 is 0 Å². The summed E-state index contributed by atoms with van der Waals surface area (Å²) >= 11 is 0. The molecule has 0 unspecified atom stereocenters. The molecule has 1 aromatic rings. The molecule has 0 heterocycles. The fourth-order valence-corrected chi connectivity index (χ4v) is 2.20. The molecular formula is C15H26NO+. The van der Waals surface area contributed by atoms with Gasteiger partial charge in [-0.3, -0.25) is 0 Å². The van der Waals surface area contributed by atoms with Crippen molar-refractivity contribution < 1.29 is 10.1 Å². The zero-order valence-corrected chi connectivity index (χ0v) is 11.8. The highest BCUT2D eigenvalue weighted by Crippen LogP contribution is 2.21. The Labute approximate surface area is 105 Å². The van der Waals surface area contributed by atoms with Crippen LogP contribution in [0.3, 0.4) is 0 Å². The highest BCUT2D eigenvalue weighted by atomic mass is 16.5. The Hall–Kier alpha value is -1.02. The molecule has 1 aromatic carbocycles. The van der Waals surface area contributed by atoms with Crippen LogP contribution in [-0.4, -0.2) is 13.2 Å². The number of quaternary nitrogens is 1. The van der Waals surface area contributed by atoms with Gasteiger partial charge in [0, 0.05) is 5.56 Å². The molecule has 0 aromatic heterocycles. The van der Waals surface area contributed by atoms with E-state index < -0.39 is 0 Å². The summed E-state index contributed by atoms with van der Waals surface area (Å²) in [6, 6.07) is 5.15. The van der Waals surface area contributed by atoms with Gasteiger partial charge < -0.3 is 10.1 Å². The average Bonchev–Trinajstić information content (AvgIpc) is 2.34. The number of hydrogen-bond donors (Lipinski definition) is 1. The Morgan fingerprint density at radius 3 is 2.29 bits per heavy atom. The van der Waals surface area contributed by atoms with Gasteiger partial charge in [0.1, 0.15) is 12.3 Å². The van der Waals surface area contributed by atoms with E-state index in [1.165, 1.54) is 29.5 Å². The van der Waals surface area contributed by atoms with Crippen LogP contribution in [0.5, 0.6) is 5.75 Å². The predicted molar refractivity (Wildman–Crippen MR) is 72.5 cm³/mol. The third-order valence-corrected chi connectivity index (χ3v) is 3.57. The minimum atomic E-state index is 0.747. The number of methoxy groups -OCH3 is 1. The Kier molecular flexibility index (Phi) is 5.49. The van der Waals surface area contributed by atoms with Crippen molar-refractivity contribution in [2.75, 3.05) is 7.11 Å². The molecule has 96 valence electrons. The molecule has 0 fully saturated rings. The SMILES string of the molecule is CCC(CC)[NH2+]Cc1cc(C)c(OC)cc1C. The first-order valence-corrected chi connectivity index (χ1v) is 6.59. The van der Waals surface area contributed by atoms with E-state index in [1.54, 1.807) is 7.11 Å². The van der Waals surface area contributed by atoms with Crippen LogP contribution in [0.1, 0.15) is 43.4 Å². The zero-order chi connectivity index (χ0) is 12.8. The van der Waals surface area contributed by atoms with Crippen LogP contribution in [0.4, 0.5) is 0 Å². The Morgan fingerprint density at radius 1 is 1.12 bits per heavy atom. The Morgan fingerprint density at radius 2 is 1.76 bits per heavy atom. The summed E-state index contributed by atoms with van der Waals surface area (Å²) in [6.45, 7) is 9.87. The molecule has 0 atom stereocenters. The molecule has 0 bridgehead atoms. The molecule has 2 heteroatoms. The second-order valence-electron chi connectivity index (χ2n) is 4.76. The lowest BCUT2D eigenvalue weighted by molar-refractivity contribution is -0.705. The van der Waals surface area contributed by atoms with E-state index in [0.29, 0.717) is 0 Å².